The van der Waals surface area contributed by atoms with Crippen LogP contribution in [0.5, 0.6) is 0 Å². The smallest absolute Gasteiger partial charge is 0.233 e. The number of pyridine rings is 1. The van der Waals surface area contributed by atoms with Crippen molar-refractivity contribution in [3.05, 3.63) is 54.2 Å². The minimum atomic E-state index is 0.107. The maximum absolute atomic E-state index is 12.0. The number of rotatable bonds is 6. The molecule has 3 heterocycles. The fourth-order valence-corrected chi connectivity index (χ4v) is 4.26. The molecule has 0 radical (unpaired) electrons. The van der Waals surface area contributed by atoms with Gasteiger partial charge in [-0.3, -0.25) is 9.78 Å². The molecule has 6 heteroatoms. The number of hydrogen-bond donors (Lipinski definition) is 0. The van der Waals surface area contributed by atoms with Gasteiger partial charge in [0.1, 0.15) is 11.1 Å². The molecule has 0 aliphatic carbocycles. The van der Waals surface area contributed by atoms with E-state index in [-0.39, 0.29) is 11.3 Å². The molecule has 0 saturated carbocycles. The summed E-state index contributed by atoms with van der Waals surface area (Å²) in [7, 11) is 0. The maximum Gasteiger partial charge on any atom is 0.233 e. The van der Waals surface area contributed by atoms with Crippen molar-refractivity contribution in [2.45, 2.75) is 11.1 Å². The van der Waals surface area contributed by atoms with Crippen LogP contribution < -0.4 is 0 Å². The van der Waals surface area contributed by atoms with E-state index < -0.39 is 0 Å². The lowest BCUT2D eigenvalue weighted by atomic mass is 10.2. The molecule has 2 aromatic heterocycles. The summed E-state index contributed by atoms with van der Waals surface area (Å²) in [5, 5.41) is 0.107. The van der Waals surface area contributed by atoms with Crippen LogP contribution in [-0.2, 0) is 10.5 Å². The monoisotopic (exact) mass is 320 g/mol. The molecule has 0 N–H and O–H groups in total. The molecule has 3 rings (SSSR count). The van der Waals surface area contributed by atoms with Crippen LogP contribution in [-0.4, -0.2) is 33.8 Å². The summed E-state index contributed by atoms with van der Waals surface area (Å²) in [6, 6.07) is 7.83. The highest BCUT2D eigenvalue weighted by atomic mass is 32.2. The Morgan fingerprint density at radius 3 is 3.14 bits per heavy atom. The summed E-state index contributed by atoms with van der Waals surface area (Å²) in [5.74, 6) is 3.50. The molecule has 1 saturated heterocycles. The van der Waals surface area contributed by atoms with Crippen molar-refractivity contribution in [3.8, 4) is 0 Å². The van der Waals surface area contributed by atoms with E-state index in [0.29, 0.717) is 5.75 Å². The Morgan fingerprint density at radius 2 is 2.38 bits per heavy atom. The summed E-state index contributed by atoms with van der Waals surface area (Å²) < 4.78 is 5.30. The molecule has 1 amide bonds. The van der Waals surface area contributed by atoms with Gasteiger partial charge in [0.2, 0.25) is 5.91 Å². The summed E-state index contributed by atoms with van der Waals surface area (Å²) in [6.45, 7) is 0.761. The van der Waals surface area contributed by atoms with Gasteiger partial charge in [0.25, 0.3) is 0 Å². The van der Waals surface area contributed by atoms with Crippen LogP contribution in [0.25, 0.3) is 0 Å². The van der Waals surface area contributed by atoms with Gasteiger partial charge < -0.3 is 9.32 Å². The lowest BCUT2D eigenvalue weighted by Crippen LogP contribution is -2.30. The van der Waals surface area contributed by atoms with Crippen LogP contribution in [0.4, 0.5) is 0 Å². The first-order valence-corrected chi connectivity index (χ1v) is 8.96. The molecule has 1 unspecified atom stereocenters. The number of furan rings is 1. The molecular formula is C15H16N2O2S2. The van der Waals surface area contributed by atoms with Gasteiger partial charge in [-0.05, 0) is 18.2 Å². The maximum atomic E-state index is 12.0. The largest absolute Gasteiger partial charge is 0.468 e. The van der Waals surface area contributed by atoms with E-state index in [1.54, 1.807) is 36.0 Å². The highest BCUT2D eigenvalue weighted by Gasteiger charge is 2.32. The Kier molecular flexibility index (Phi) is 4.87. The Morgan fingerprint density at radius 1 is 1.43 bits per heavy atom. The quantitative estimate of drug-likeness (QED) is 0.765. The zero-order valence-corrected chi connectivity index (χ0v) is 13.1. The first kappa shape index (κ1) is 14.5. The third kappa shape index (κ3) is 3.63. The van der Waals surface area contributed by atoms with Gasteiger partial charge in [-0.2, -0.15) is 11.8 Å². The van der Waals surface area contributed by atoms with Crippen molar-refractivity contribution in [3.63, 3.8) is 0 Å². The van der Waals surface area contributed by atoms with Crippen LogP contribution in [0, 0.1) is 0 Å². The summed E-state index contributed by atoms with van der Waals surface area (Å²) in [6.07, 6.45) is 5.29. The van der Waals surface area contributed by atoms with Gasteiger partial charge in [0.05, 0.1) is 17.8 Å². The van der Waals surface area contributed by atoms with Crippen molar-refractivity contribution in [2.24, 2.45) is 0 Å². The summed E-state index contributed by atoms with van der Waals surface area (Å²) in [4.78, 5) is 18.1. The second kappa shape index (κ2) is 7.04. The molecule has 0 aromatic carbocycles. The fraction of sp³-hybridized carbons (Fsp3) is 0.333. The lowest BCUT2D eigenvalue weighted by Gasteiger charge is -2.23. The second-order valence-corrected chi connectivity index (χ2v) is 6.84. The molecule has 0 spiro atoms. The van der Waals surface area contributed by atoms with Gasteiger partial charge in [0, 0.05) is 30.3 Å². The first-order valence-electron chi connectivity index (χ1n) is 6.76. The van der Waals surface area contributed by atoms with Crippen molar-refractivity contribution in [2.75, 3.05) is 18.1 Å². The Balaban J connectivity index is 1.54. The topological polar surface area (TPSA) is 46.3 Å². The van der Waals surface area contributed by atoms with E-state index in [4.69, 9.17) is 4.42 Å². The van der Waals surface area contributed by atoms with Gasteiger partial charge in [-0.15, -0.1) is 11.8 Å². The van der Waals surface area contributed by atoms with Crippen molar-refractivity contribution >= 4 is 29.4 Å². The zero-order chi connectivity index (χ0) is 14.5. The predicted molar refractivity (Wildman–Crippen MR) is 86.0 cm³/mol. The van der Waals surface area contributed by atoms with Gasteiger partial charge >= 0.3 is 0 Å². The molecule has 4 nitrogen and oxygen atoms in total. The molecular weight excluding hydrogens is 304 g/mol. The second-order valence-electron chi connectivity index (χ2n) is 4.67. The van der Waals surface area contributed by atoms with E-state index in [2.05, 4.69) is 4.98 Å². The lowest BCUT2D eigenvalue weighted by molar-refractivity contribution is -0.127. The summed E-state index contributed by atoms with van der Waals surface area (Å²) >= 11 is 3.46. The standard InChI is InChI=1S/C15H16N2O2S2/c18-14-11-21-15(12-3-1-5-16-9-12)17(14)6-8-20-10-13-4-2-7-19-13/h1-5,7,9,15H,6,8,10-11H2. The molecule has 21 heavy (non-hydrogen) atoms. The minimum absolute atomic E-state index is 0.107. The highest BCUT2D eigenvalue weighted by molar-refractivity contribution is 8.00. The van der Waals surface area contributed by atoms with Gasteiger partial charge in [0.15, 0.2) is 0 Å². The van der Waals surface area contributed by atoms with E-state index in [1.165, 1.54) is 0 Å². The number of hydrogen-bond acceptors (Lipinski definition) is 5. The Bertz CT molecular complexity index is 575. The number of thioether (sulfide) groups is 2. The van der Waals surface area contributed by atoms with Crippen LogP contribution in [0.3, 0.4) is 0 Å². The van der Waals surface area contributed by atoms with E-state index in [9.17, 15) is 4.79 Å². The third-order valence-electron chi connectivity index (χ3n) is 3.24. The first-order chi connectivity index (χ1) is 10.3. The number of carbonyl (C=O) groups excluding carboxylic acids is 1. The van der Waals surface area contributed by atoms with E-state index >= 15 is 0 Å². The molecule has 1 fully saturated rings. The molecule has 110 valence electrons. The van der Waals surface area contributed by atoms with E-state index in [1.807, 2.05) is 35.4 Å². The average molecular weight is 320 g/mol. The minimum Gasteiger partial charge on any atom is -0.468 e. The van der Waals surface area contributed by atoms with Crippen molar-refractivity contribution in [1.29, 1.82) is 0 Å². The summed E-state index contributed by atoms with van der Waals surface area (Å²) in [5.41, 5.74) is 1.10. The molecule has 1 atom stereocenters. The van der Waals surface area contributed by atoms with Gasteiger partial charge in [-0.25, -0.2) is 0 Å². The normalized spacial score (nSPS) is 18.4. The van der Waals surface area contributed by atoms with Crippen LogP contribution in [0.2, 0.25) is 0 Å². The van der Waals surface area contributed by atoms with Gasteiger partial charge in [-0.1, -0.05) is 6.07 Å². The molecule has 1 aliphatic rings. The highest BCUT2D eigenvalue weighted by Crippen LogP contribution is 2.38. The SMILES string of the molecule is O=C1CSC(c2cccnc2)N1CCSCc1ccco1. The number of nitrogens with zero attached hydrogens (tertiary/aromatic N) is 2. The van der Waals surface area contributed by atoms with E-state index in [0.717, 1.165) is 29.4 Å². The third-order valence-corrected chi connectivity index (χ3v) is 5.45. The van der Waals surface area contributed by atoms with Crippen molar-refractivity contribution in [1.82, 2.24) is 9.88 Å². The fourth-order valence-electron chi connectivity index (χ4n) is 2.22. The van der Waals surface area contributed by atoms with Crippen LogP contribution in [0.1, 0.15) is 16.7 Å². The molecule has 0 bridgehead atoms. The number of carbonyl (C=O) groups is 1. The molecule has 2 aromatic rings. The molecule has 1 aliphatic heterocycles. The predicted octanol–water partition coefficient (Wildman–Crippen LogP) is 3.18. The zero-order valence-electron chi connectivity index (χ0n) is 11.5. The average Bonchev–Trinajstić information content (AvgIpc) is 3.15. The number of aromatic nitrogens is 1. The van der Waals surface area contributed by atoms with Crippen LogP contribution >= 0.6 is 23.5 Å². The Labute approximate surface area is 132 Å². The Hall–Kier alpha value is -1.40. The van der Waals surface area contributed by atoms with Crippen molar-refractivity contribution < 1.29 is 9.21 Å². The van der Waals surface area contributed by atoms with Crippen LogP contribution in [0.15, 0.2) is 47.3 Å². The number of amides is 1.